The highest BCUT2D eigenvalue weighted by Crippen LogP contribution is 2.41. The summed E-state index contributed by atoms with van der Waals surface area (Å²) in [5.41, 5.74) is 5.55. The smallest absolute Gasteiger partial charge is 0.305 e. The highest BCUT2D eigenvalue weighted by Gasteiger charge is 2.41. The zero-order valence-corrected chi connectivity index (χ0v) is 21.3. The van der Waals surface area contributed by atoms with Crippen molar-refractivity contribution in [3.63, 3.8) is 0 Å². The molecule has 0 bridgehead atoms. The first-order valence-electron chi connectivity index (χ1n) is 10.9. The number of halogens is 1. The van der Waals surface area contributed by atoms with Crippen molar-refractivity contribution in [2.75, 3.05) is 13.7 Å². The third-order valence-corrected chi connectivity index (χ3v) is 6.96. The van der Waals surface area contributed by atoms with Gasteiger partial charge in [0, 0.05) is 40.7 Å². The van der Waals surface area contributed by atoms with Crippen molar-refractivity contribution in [2.45, 2.75) is 38.8 Å². The molecule has 0 unspecified atom stereocenters. The molecular weight excluding hydrogens is 500 g/mol. The molecule has 1 aliphatic heterocycles. The lowest BCUT2D eigenvalue weighted by Crippen LogP contribution is -2.31. The second kappa shape index (κ2) is 10.1. The molecule has 1 N–H and O–H groups in total. The van der Waals surface area contributed by atoms with E-state index in [1.54, 1.807) is 0 Å². The SMILES string of the molecule is COC(=O)CCCN1C(=S)N[C@@H](c2ccccn2)[C@H]1c1cc(C)n(-c2ccc(Br)cc2)c1C. The van der Waals surface area contributed by atoms with Crippen molar-refractivity contribution in [2.24, 2.45) is 0 Å². The van der Waals surface area contributed by atoms with Gasteiger partial charge in [-0.1, -0.05) is 22.0 Å². The van der Waals surface area contributed by atoms with Gasteiger partial charge in [-0.3, -0.25) is 9.78 Å². The summed E-state index contributed by atoms with van der Waals surface area (Å²) in [6, 6.07) is 16.4. The van der Waals surface area contributed by atoms with Crippen LogP contribution in [0.25, 0.3) is 5.69 Å². The Morgan fingerprint density at radius 1 is 1.21 bits per heavy atom. The lowest BCUT2D eigenvalue weighted by molar-refractivity contribution is -0.140. The molecule has 2 atom stereocenters. The van der Waals surface area contributed by atoms with Crippen LogP contribution in [0.1, 0.15) is 47.6 Å². The number of carbonyl (C=O) groups excluding carboxylic acids is 1. The minimum absolute atomic E-state index is 0.0413. The number of aryl methyl sites for hydroxylation is 1. The fourth-order valence-electron chi connectivity index (χ4n) is 4.56. The quantitative estimate of drug-likeness (QED) is 0.338. The maximum atomic E-state index is 11.7. The van der Waals surface area contributed by atoms with Gasteiger partial charge >= 0.3 is 5.97 Å². The molecule has 0 radical (unpaired) electrons. The Morgan fingerprint density at radius 2 is 1.97 bits per heavy atom. The number of pyridine rings is 1. The van der Waals surface area contributed by atoms with E-state index in [-0.39, 0.29) is 18.1 Å². The van der Waals surface area contributed by atoms with Crippen LogP contribution in [0.2, 0.25) is 0 Å². The van der Waals surface area contributed by atoms with Crippen molar-refractivity contribution in [3.05, 3.63) is 81.8 Å². The summed E-state index contributed by atoms with van der Waals surface area (Å²) in [6.07, 6.45) is 2.82. The zero-order valence-electron chi connectivity index (χ0n) is 18.9. The molecule has 3 heterocycles. The molecule has 1 fully saturated rings. The van der Waals surface area contributed by atoms with Gasteiger partial charge in [-0.25, -0.2) is 0 Å². The van der Waals surface area contributed by atoms with Crippen LogP contribution in [0, 0.1) is 13.8 Å². The number of benzene rings is 1. The number of aromatic nitrogens is 2. The van der Waals surface area contributed by atoms with Gasteiger partial charge in [-0.2, -0.15) is 0 Å². The lowest BCUT2D eigenvalue weighted by atomic mass is 9.96. The van der Waals surface area contributed by atoms with Gasteiger partial charge in [0.25, 0.3) is 0 Å². The molecule has 33 heavy (non-hydrogen) atoms. The summed E-state index contributed by atoms with van der Waals surface area (Å²) in [5, 5.41) is 4.16. The Labute approximate surface area is 208 Å². The van der Waals surface area contributed by atoms with E-state index in [4.69, 9.17) is 17.0 Å². The summed E-state index contributed by atoms with van der Waals surface area (Å²) < 4.78 is 8.13. The van der Waals surface area contributed by atoms with Gasteiger partial charge in [0.1, 0.15) is 0 Å². The predicted molar refractivity (Wildman–Crippen MR) is 136 cm³/mol. The van der Waals surface area contributed by atoms with E-state index in [1.165, 1.54) is 12.7 Å². The minimum Gasteiger partial charge on any atom is -0.469 e. The molecule has 1 aromatic carbocycles. The van der Waals surface area contributed by atoms with Gasteiger partial charge < -0.3 is 19.5 Å². The molecule has 1 saturated heterocycles. The number of hydrogen-bond donors (Lipinski definition) is 1. The first-order valence-corrected chi connectivity index (χ1v) is 12.1. The van der Waals surface area contributed by atoms with Crippen molar-refractivity contribution < 1.29 is 9.53 Å². The van der Waals surface area contributed by atoms with E-state index in [1.807, 2.05) is 24.4 Å². The number of nitrogens with one attached hydrogen (secondary N) is 1. The summed E-state index contributed by atoms with van der Waals surface area (Å²) in [6.45, 7) is 4.92. The Bertz CT molecular complexity index is 1150. The molecule has 8 heteroatoms. The van der Waals surface area contributed by atoms with Crippen LogP contribution in [0.3, 0.4) is 0 Å². The highest BCUT2D eigenvalue weighted by molar-refractivity contribution is 9.10. The van der Waals surface area contributed by atoms with Crippen LogP contribution in [-0.2, 0) is 9.53 Å². The summed E-state index contributed by atoms with van der Waals surface area (Å²) >= 11 is 9.27. The van der Waals surface area contributed by atoms with Crippen LogP contribution in [0.15, 0.2) is 59.2 Å². The number of rotatable bonds is 7. The first-order chi connectivity index (χ1) is 15.9. The molecule has 0 spiro atoms. The molecule has 2 aromatic heterocycles. The molecule has 1 aliphatic rings. The summed E-state index contributed by atoms with van der Waals surface area (Å²) in [7, 11) is 1.42. The van der Waals surface area contributed by atoms with Gasteiger partial charge in [0.15, 0.2) is 5.11 Å². The summed E-state index contributed by atoms with van der Waals surface area (Å²) in [5.74, 6) is -0.209. The standard InChI is InChI=1S/C25H27BrN4O2S/c1-16-15-20(17(2)30(16)19-11-9-18(26)10-12-19)24-23(21-7-4-5-13-27-21)28-25(33)29(24)14-6-8-22(31)32-3/h4-5,7,9-13,15,23-24H,6,8,14H2,1-3H3,(H,28,33)/t23-,24+/m0/s1. The molecule has 4 rings (SSSR count). The van der Waals surface area contributed by atoms with E-state index in [9.17, 15) is 4.79 Å². The maximum Gasteiger partial charge on any atom is 0.305 e. The molecule has 0 saturated carbocycles. The van der Waals surface area contributed by atoms with Gasteiger partial charge in [-0.05, 0) is 80.5 Å². The van der Waals surface area contributed by atoms with Crippen LogP contribution in [-0.4, -0.2) is 39.2 Å². The lowest BCUT2D eigenvalue weighted by Gasteiger charge is -2.28. The fraction of sp³-hybridized carbons (Fsp3) is 0.320. The van der Waals surface area contributed by atoms with Crippen molar-refractivity contribution in [3.8, 4) is 5.69 Å². The first kappa shape index (κ1) is 23.4. The molecule has 0 amide bonds. The second-order valence-corrected chi connectivity index (χ2v) is 9.44. The van der Waals surface area contributed by atoms with Gasteiger partial charge in [0.2, 0.25) is 0 Å². The van der Waals surface area contributed by atoms with E-state index >= 15 is 0 Å². The average molecular weight is 527 g/mol. The molecule has 172 valence electrons. The number of methoxy groups -OCH3 is 1. The second-order valence-electron chi connectivity index (χ2n) is 8.14. The predicted octanol–water partition coefficient (Wildman–Crippen LogP) is 5.18. The van der Waals surface area contributed by atoms with Crippen LogP contribution < -0.4 is 5.32 Å². The average Bonchev–Trinajstić information content (AvgIpc) is 3.30. The van der Waals surface area contributed by atoms with Gasteiger partial charge in [-0.15, -0.1) is 0 Å². The van der Waals surface area contributed by atoms with Gasteiger partial charge in [0.05, 0.1) is 24.9 Å². The van der Waals surface area contributed by atoms with Crippen molar-refractivity contribution >= 4 is 39.2 Å². The molecule has 3 aromatic rings. The normalized spacial score (nSPS) is 17.8. The number of esters is 1. The van der Waals surface area contributed by atoms with Crippen molar-refractivity contribution in [1.82, 2.24) is 19.8 Å². The zero-order chi connectivity index (χ0) is 23.5. The van der Waals surface area contributed by atoms with Crippen LogP contribution in [0.5, 0.6) is 0 Å². The highest BCUT2D eigenvalue weighted by atomic mass is 79.9. The Balaban J connectivity index is 1.74. The Kier molecular flexibility index (Phi) is 7.14. The minimum atomic E-state index is -0.209. The van der Waals surface area contributed by atoms with Crippen molar-refractivity contribution in [1.29, 1.82) is 0 Å². The van der Waals surface area contributed by atoms with E-state index in [0.717, 1.165) is 27.2 Å². The fourth-order valence-corrected chi connectivity index (χ4v) is 5.15. The molecule has 0 aliphatic carbocycles. The Hall–Kier alpha value is -2.71. The number of thiocarbonyl (C=S) groups is 1. The number of carbonyl (C=O) groups is 1. The van der Waals surface area contributed by atoms with E-state index < -0.39 is 0 Å². The molecule has 6 nitrogen and oxygen atoms in total. The monoisotopic (exact) mass is 526 g/mol. The van der Waals surface area contributed by atoms with E-state index in [2.05, 4.69) is 79.9 Å². The van der Waals surface area contributed by atoms with E-state index in [0.29, 0.717) is 24.5 Å². The Morgan fingerprint density at radius 3 is 2.64 bits per heavy atom. The largest absolute Gasteiger partial charge is 0.469 e. The van der Waals surface area contributed by atoms with Crippen LogP contribution in [0.4, 0.5) is 0 Å². The topological polar surface area (TPSA) is 59.4 Å². The number of nitrogens with zero attached hydrogens (tertiary/aromatic N) is 3. The molecular formula is C25H27BrN4O2S. The number of hydrogen-bond acceptors (Lipinski definition) is 4. The third-order valence-electron chi connectivity index (χ3n) is 6.08. The van der Waals surface area contributed by atoms with Crippen LogP contribution >= 0.6 is 28.1 Å². The third kappa shape index (κ3) is 4.82. The number of ether oxygens (including phenoxy) is 1. The summed E-state index contributed by atoms with van der Waals surface area (Å²) in [4.78, 5) is 18.5. The maximum absolute atomic E-state index is 11.7.